The van der Waals surface area contributed by atoms with Gasteiger partial charge in [0.05, 0.1) is 15.8 Å². The van der Waals surface area contributed by atoms with Crippen molar-refractivity contribution in [1.29, 1.82) is 0 Å². The zero-order valence-corrected chi connectivity index (χ0v) is 14.1. The average Bonchev–Trinajstić information content (AvgIpc) is 2.99. The molecule has 0 atom stereocenters. The molecule has 2 aromatic carbocycles. The van der Waals surface area contributed by atoms with Crippen molar-refractivity contribution in [3.05, 3.63) is 73.3 Å². The molecular weight excluding hydrogens is 358 g/mol. The minimum absolute atomic E-state index is 0.137. The van der Waals surface area contributed by atoms with Crippen molar-refractivity contribution in [3.63, 3.8) is 0 Å². The highest BCUT2D eigenvalue weighted by atomic mass is 35.5. The van der Waals surface area contributed by atoms with Crippen LogP contribution in [0, 0.1) is 10.1 Å². The van der Waals surface area contributed by atoms with Gasteiger partial charge in [-0.05, 0) is 47.9 Å². The van der Waals surface area contributed by atoms with Gasteiger partial charge in [0, 0.05) is 17.6 Å². The number of phenolic OH excluding ortho intramolecular Hbond substituents is 1. The third-order valence-electron chi connectivity index (χ3n) is 4.35. The van der Waals surface area contributed by atoms with Crippen molar-refractivity contribution in [2.75, 3.05) is 0 Å². The largest absolute Gasteiger partial charge is 0.502 e. The normalized spacial score (nSPS) is 14.7. The van der Waals surface area contributed by atoms with Gasteiger partial charge in [0.15, 0.2) is 5.75 Å². The maximum Gasteiger partial charge on any atom is 0.311 e. The van der Waals surface area contributed by atoms with E-state index in [0.717, 1.165) is 5.57 Å². The Morgan fingerprint density at radius 1 is 1.27 bits per heavy atom. The summed E-state index contributed by atoms with van der Waals surface area (Å²) in [4.78, 5) is 27.6. The molecule has 2 heterocycles. The summed E-state index contributed by atoms with van der Waals surface area (Å²) in [6, 6.07) is 9.10. The fourth-order valence-electron chi connectivity index (χ4n) is 3.11. The van der Waals surface area contributed by atoms with Gasteiger partial charge in [0.25, 0.3) is 5.56 Å². The lowest BCUT2D eigenvalue weighted by atomic mass is 10.1. The molecule has 0 spiro atoms. The molecule has 0 saturated carbocycles. The molecule has 0 saturated heterocycles. The molecule has 0 fully saturated rings. The molecule has 0 aliphatic carbocycles. The van der Waals surface area contributed by atoms with Crippen molar-refractivity contribution in [2.24, 2.45) is 0 Å². The van der Waals surface area contributed by atoms with E-state index in [1.165, 1.54) is 12.1 Å². The van der Waals surface area contributed by atoms with Crippen LogP contribution in [0.3, 0.4) is 0 Å². The quantitative estimate of drug-likeness (QED) is 0.549. The Hall–Kier alpha value is -3.19. The van der Waals surface area contributed by atoms with Gasteiger partial charge in [-0.2, -0.15) is 0 Å². The van der Waals surface area contributed by atoms with Crippen LogP contribution < -0.4 is 5.56 Å². The van der Waals surface area contributed by atoms with Crippen LogP contribution in [0.5, 0.6) is 5.75 Å². The lowest BCUT2D eigenvalue weighted by molar-refractivity contribution is -0.385. The third kappa shape index (κ3) is 2.62. The maximum absolute atomic E-state index is 12.6. The summed E-state index contributed by atoms with van der Waals surface area (Å²) in [7, 11) is 0. The molecule has 1 aromatic heterocycles. The summed E-state index contributed by atoms with van der Waals surface area (Å²) in [5.41, 5.74) is 1.36. The monoisotopic (exact) mass is 369 g/mol. The predicted octanol–water partition coefficient (Wildman–Crippen LogP) is 3.61. The Balaban J connectivity index is 1.87. The zero-order chi connectivity index (χ0) is 18.4. The number of hydrogen-bond acceptors (Lipinski definition) is 5. The molecule has 8 heteroatoms. The smallest absolute Gasteiger partial charge is 0.311 e. The van der Waals surface area contributed by atoms with Gasteiger partial charge in [-0.15, -0.1) is 0 Å². The molecule has 4 rings (SSSR count). The third-order valence-corrected chi connectivity index (χ3v) is 4.58. The number of hydrogen-bond donors (Lipinski definition) is 1. The molecule has 1 aliphatic rings. The second-order valence-electron chi connectivity index (χ2n) is 5.98. The van der Waals surface area contributed by atoms with Crippen LogP contribution in [0.25, 0.3) is 22.6 Å². The second-order valence-corrected chi connectivity index (χ2v) is 6.41. The number of nitro benzene ring substituents is 1. The highest BCUT2D eigenvalue weighted by Crippen LogP contribution is 2.31. The van der Waals surface area contributed by atoms with E-state index in [1.807, 2.05) is 0 Å². The van der Waals surface area contributed by atoms with Crippen molar-refractivity contribution < 1.29 is 10.0 Å². The van der Waals surface area contributed by atoms with Gasteiger partial charge in [-0.3, -0.25) is 19.5 Å². The molecule has 7 nitrogen and oxygen atoms in total. The second kappa shape index (κ2) is 5.96. The first-order chi connectivity index (χ1) is 12.4. The van der Waals surface area contributed by atoms with Crippen LogP contribution in [0.15, 0.2) is 41.2 Å². The van der Waals surface area contributed by atoms with Crippen LogP contribution in [-0.4, -0.2) is 19.6 Å². The predicted molar refractivity (Wildman–Crippen MR) is 98.3 cm³/mol. The Kier molecular flexibility index (Phi) is 3.73. The number of aromatic hydroxyl groups is 1. The van der Waals surface area contributed by atoms with E-state index < -0.39 is 4.92 Å². The summed E-state index contributed by atoms with van der Waals surface area (Å²) < 4.78 is 1.59. The van der Waals surface area contributed by atoms with Crippen LogP contribution in [0.2, 0.25) is 5.02 Å². The number of allylic oxidation sites excluding steroid dienone is 1. The summed E-state index contributed by atoms with van der Waals surface area (Å²) in [5.74, 6) is 0.138. The standard InChI is InChI=1S/C18H12ClN3O4/c19-12-2-3-13-14(9-12)20-17-11(5-6-21(17)18(13)24)7-10-1-4-16(23)15(8-10)22(25)26/h1-4,7-9,23H,5-6H2/b11-7-. The minimum atomic E-state index is -0.641. The molecule has 0 bridgehead atoms. The maximum atomic E-state index is 12.6. The van der Waals surface area contributed by atoms with E-state index in [4.69, 9.17) is 11.6 Å². The van der Waals surface area contributed by atoms with Crippen LogP contribution in [0.4, 0.5) is 5.69 Å². The molecular formula is C18H12ClN3O4. The van der Waals surface area contributed by atoms with E-state index in [9.17, 15) is 20.0 Å². The van der Waals surface area contributed by atoms with Gasteiger partial charge >= 0.3 is 5.69 Å². The van der Waals surface area contributed by atoms with Crippen LogP contribution >= 0.6 is 11.6 Å². The number of phenols is 1. The lowest BCUT2D eigenvalue weighted by Crippen LogP contribution is -2.20. The number of nitro groups is 1. The molecule has 0 radical (unpaired) electrons. The van der Waals surface area contributed by atoms with Gasteiger partial charge in [0.2, 0.25) is 0 Å². The molecule has 3 aromatic rings. The van der Waals surface area contributed by atoms with Crippen molar-refractivity contribution >= 4 is 39.8 Å². The van der Waals surface area contributed by atoms with Gasteiger partial charge in [0.1, 0.15) is 5.82 Å². The Labute approximate surface area is 151 Å². The van der Waals surface area contributed by atoms with Crippen LogP contribution in [-0.2, 0) is 6.54 Å². The molecule has 26 heavy (non-hydrogen) atoms. The highest BCUT2D eigenvalue weighted by Gasteiger charge is 2.21. The Morgan fingerprint density at radius 2 is 2.08 bits per heavy atom. The summed E-state index contributed by atoms with van der Waals surface area (Å²) in [6.07, 6.45) is 2.33. The number of aromatic nitrogens is 2. The van der Waals surface area contributed by atoms with E-state index in [-0.39, 0.29) is 17.0 Å². The van der Waals surface area contributed by atoms with Crippen molar-refractivity contribution in [2.45, 2.75) is 13.0 Å². The number of benzene rings is 2. The number of nitrogens with zero attached hydrogens (tertiary/aromatic N) is 3. The zero-order valence-electron chi connectivity index (χ0n) is 13.3. The van der Waals surface area contributed by atoms with E-state index in [2.05, 4.69) is 4.98 Å². The topological polar surface area (TPSA) is 98.3 Å². The fourth-order valence-corrected chi connectivity index (χ4v) is 3.27. The summed E-state index contributed by atoms with van der Waals surface area (Å²) in [6.45, 7) is 0.492. The molecule has 1 aliphatic heterocycles. The SMILES string of the molecule is O=c1c2ccc(Cl)cc2nc2n1CC/C2=C/c1ccc(O)c([N+](=O)[O-])c1. The van der Waals surface area contributed by atoms with E-state index in [1.54, 1.807) is 34.9 Å². The average molecular weight is 370 g/mol. The number of fused-ring (bicyclic) bond motifs is 2. The summed E-state index contributed by atoms with van der Waals surface area (Å²) in [5, 5.41) is 21.6. The number of halogens is 1. The van der Waals surface area contributed by atoms with Crippen molar-refractivity contribution in [3.8, 4) is 5.75 Å². The Morgan fingerprint density at radius 3 is 2.85 bits per heavy atom. The summed E-state index contributed by atoms with van der Waals surface area (Å²) >= 11 is 6.00. The van der Waals surface area contributed by atoms with Gasteiger partial charge in [-0.25, -0.2) is 4.98 Å². The first-order valence-electron chi connectivity index (χ1n) is 7.82. The highest BCUT2D eigenvalue weighted by molar-refractivity contribution is 6.31. The van der Waals surface area contributed by atoms with Gasteiger partial charge < -0.3 is 5.11 Å². The Bertz CT molecular complexity index is 1170. The van der Waals surface area contributed by atoms with Gasteiger partial charge in [-0.1, -0.05) is 17.7 Å². The molecule has 0 unspecified atom stereocenters. The minimum Gasteiger partial charge on any atom is -0.502 e. The first-order valence-corrected chi connectivity index (χ1v) is 8.20. The molecule has 1 N–H and O–H groups in total. The van der Waals surface area contributed by atoms with Crippen molar-refractivity contribution in [1.82, 2.24) is 9.55 Å². The number of rotatable bonds is 2. The first kappa shape index (κ1) is 16.3. The molecule has 130 valence electrons. The van der Waals surface area contributed by atoms with E-state index >= 15 is 0 Å². The lowest BCUT2D eigenvalue weighted by Gasteiger charge is -2.06. The van der Waals surface area contributed by atoms with E-state index in [0.29, 0.717) is 40.3 Å². The van der Waals surface area contributed by atoms with Crippen LogP contribution in [0.1, 0.15) is 17.8 Å². The molecule has 0 amide bonds. The fraction of sp³-hybridized carbons (Fsp3) is 0.111.